The van der Waals surface area contributed by atoms with Crippen molar-refractivity contribution < 1.29 is 9.53 Å². The largest absolute Gasteiger partial charge is 0.377 e. The number of hydrogen-bond acceptors (Lipinski definition) is 3. The monoisotopic (exact) mass is 214 g/mol. The molecule has 0 aromatic carbocycles. The highest BCUT2D eigenvalue weighted by Crippen LogP contribution is 2.21. The fourth-order valence-electron chi connectivity index (χ4n) is 1.69. The quantitative estimate of drug-likeness (QED) is 0.758. The van der Waals surface area contributed by atoms with Gasteiger partial charge in [0.2, 0.25) is 5.91 Å². The molecule has 0 saturated carbocycles. The molecule has 88 valence electrons. The topological polar surface area (TPSA) is 41.6 Å². The first kappa shape index (κ1) is 12.5. The Balaban J connectivity index is 2.65. The normalized spacial score (nSPS) is 27.5. The van der Waals surface area contributed by atoms with Crippen LogP contribution in [0.2, 0.25) is 0 Å². The summed E-state index contributed by atoms with van der Waals surface area (Å²) in [4.78, 5) is 13.9. The second-order valence-corrected chi connectivity index (χ2v) is 4.99. The maximum Gasteiger partial charge on any atom is 0.243 e. The molecule has 0 spiro atoms. The van der Waals surface area contributed by atoms with Gasteiger partial charge in [0.25, 0.3) is 0 Å². The molecule has 1 rings (SSSR count). The minimum atomic E-state index is -0.385. The van der Waals surface area contributed by atoms with Gasteiger partial charge in [-0.1, -0.05) is 6.92 Å². The zero-order chi connectivity index (χ0) is 11.7. The van der Waals surface area contributed by atoms with Crippen molar-refractivity contribution in [1.82, 2.24) is 10.2 Å². The van der Waals surface area contributed by atoms with E-state index < -0.39 is 0 Å². The number of methoxy groups -OCH3 is 1. The van der Waals surface area contributed by atoms with Crippen molar-refractivity contribution in [3.8, 4) is 0 Å². The summed E-state index contributed by atoms with van der Waals surface area (Å²) in [6.07, 6.45) is 0.815. The molecule has 4 heteroatoms. The minimum absolute atomic E-state index is 0.176. The molecule has 0 aromatic heterocycles. The standard InChI is InChI=1S/C11H22N2O2/c1-6-11(4)9(14)13(8-12-11)7-10(2,3)15-5/h12H,6-8H2,1-5H3. The van der Waals surface area contributed by atoms with Crippen LogP contribution in [0.1, 0.15) is 34.1 Å². The SMILES string of the molecule is CCC1(C)NCN(CC(C)(C)OC)C1=O. The summed E-state index contributed by atoms with van der Waals surface area (Å²) in [5.41, 5.74) is -0.667. The van der Waals surface area contributed by atoms with Crippen molar-refractivity contribution in [1.29, 1.82) is 0 Å². The summed E-state index contributed by atoms with van der Waals surface area (Å²) in [5, 5.41) is 3.25. The number of amides is 1. The van der Waals surface area contributed by atoms with Gasteiger partial charge in [-0.15, -0.1) is 0 Å². The second kappa shape index (κ2) is 4.10. The van der Waals surface area contributed by atoms with Crippen LogP contribution in [0.15, 0.2) is 0 Å². The van der Waals surface area contributed by atoms with Crippen LogP contribution in [0, 0.1) is 0 Å². The first-order valence-corrected chi connectivity index (χ1v) is 5.44. The van der Waals surface area contributed by atoms with E-state index in [0.717, 1.165) is 6.42 Å². The molecule has 1 aliphatic rings. The van der Waals surface area contributed by atoms with Gasteiger partial charge in [0.1, 0.15) is 0 Å². The van der Waals surface area contributed by atoms with E-state index in [-0.39, 0.29) is 17.0 Å². The Labute approximate surface area is 92.0 Å². The maximum absolute atomic E-state index is 12.1. The average Bonchev–Trinajstić information content (AvgIpc) is 2.47. The van der Waals surface area contributed by atoms with Gasteiger partial charge in [-0.2, -0.15) is 0 Å². The summed E-state index contributed by atoms with van der Waals surface area (Å²) < 4.78 is 5.33. The maximum atomic E-state index is 12.1. The molecule has 1 aliphatic heterocycles. The minimum Gasteiger partial charge on any atom is -0.377 e. The Bertz CT molecular complexity index is 253. The highest BCUT2D eigenvalue weighted by molar-refractivity contribution is 5.87. The molecule has 1 heterocycles. The Morgan fingerprint density at radius 1 is 1.60 bits per heavy atom. The van der Waals surface area contributed by atoms with Crippen molar-refractivity contribution in [3.63, 3.8) is 0 Å². The zero-order valence-electron chi connectivity index (χ0n) is 10.4. The average molecular weight is 214 g/mol. The molecule has 1 amide bonds. The fourth-order valence-corrected chi connectivity index (χ4v) is 1.69. The molecule has 0 aromatic rings. The van der Waals surface area contributed by atoms with E-state index >= 15 is 0 Å². The second-order valence-electron chi connectivity index (χ2n) is 4.99. The molecular formula is C11H22N2O2. The molecule has 4 nitrogen and oxygen atoms in total. The van der Waals surface area contributed by atoms with Gasteiger partial charge in [0.15, 0.2) is 0 Å². The van der Waals surface area contributed by atoms with E-state index in [4.69, 9.17) is 4.74 Å². The Hall–Kier alpha value is -0.610. The van der Waals surface area contributed by atoms with Crippen molar-refractivity contribution in [2.45, 2.75) is 45.3 Å². The lowest BCUT2D eigenvalue weighted by atomic mass is 9.99. The van der Waals surface area contributed by atoms with Crippen molar-refractivity contribution >= 4 is 5.91 Å². The van der Waals surface area contributed by atoms with Gasteiger partial charge < -0.3 is 9.64 Å². The molecular weight excluding hydrogens is 192 g/mol. The van der Waals surface area contributed by atoms with Crippen LogP contribution in [-0.2, 0) is 9.53 Å². The smallest absolute Gasteiger partial charge is 0.243 e. The van der Waals surface area contributed by atoms with E-state index in [1.807, 2.05) is 32.6 Å². The molecule has 1 fully saturated rings. The number of ether oxygens (including phenoxy) is 1. The predicted molar refractivity (Wildman–Crippen MR) is 59.5 cm³/mol. The fraction of sp³-hybridized carbons (Fsp3) is 0.909. The molecule has 0 aliphatic carbocycles. The zero-order valence-corrected chi connectivity index (χ0v) is 10.4. The third-order valence-corrected chi connectivity index (χ3v) is 3.25. The van der Waals surface area contributed by atoms with Gasteiger partial charge in [0.05, 0.1) is 24.4 Å². The van der Waals surface area contributed by atoms with E-state index in [1.165, 1.54) is 0 Å². The molecule has 0 bridgehead atoms. The first-order chi connectivity index (χ1) is 6.84. The Morgan fingerprint density at radius 3 is 2.60 bits per heavy atom. The summed E-state index contributed by atoms with van der Waals surface area (Å²) in [6.45, 7) is 9.20. The summed E-state index contributed by atoms with van der Waals surface area (Å²) >= 11 is 0. The predicted octanol–water partition coefficient (Wildman–Crippen LogP) is 0.969. The van der Waals surface area contributed by atoms with Crippen LogP contribution < -0.4 is 5.32 Å². The van der Waals surface area contributed by atoms with Crippen LogP contribution in [-0.4, -0.2) is 42.3 Å². The Morgan fingerprint density at radius 2 is 2.20 bits per heavy atom. The highest BCUT2D eigenvalue weighted by Gasteiger charge is 2.42. The Kier molecular flexibility index (Phi) is 3.41. The summed E-state index contributed by atoms with van der Waals surface area (Å²) in [7, 11) is 1.67. The van der Waals surface area contributed by atoms with Crippen LogP contribution in [0.4, 0.5) is 0 Å². The van der Waals surface area contributed by atoms with Crippen LogP contribution in [0.25, 0.3) is 0 Å². The lowest BCUT2D eigenvalue weighted by Crippen LogP contribution is -2.45. The molecule has 1 unspecified atom stereocenters. The summed E-state index contributed by atoms with van der Waals surface area (Å²) in [6, 6.07) is 0. The summed E-state index contributed by atoms with van der Waals surface area (Å²) in [5.74, 6) is 0.176. The van der Waals surface area contributed by atoms with Gasteiger partial charge in [0, 0.05) is 7.11 Å². The number of carbonyl (C=O) groups excluding carboxylic acids is 1. The number of hydrogen-bond donors (Lipinski definition) is 1. The first-order valence-electron chi connectivity index (χ1n) is 5.44. The van der Waals surface area contributed by atoms with E-state index in [9.17, 15) is 4.79 Å². The number of nitrogens with one attached hydrogen (secondary N) is 1. The molecule has 0 radical (unpaired) electrons. The van der Waals surface area contributed by atoms with Crippen molar-refractivity contribution in [3.05, 3.63) is 0 Å². The van der Waals surface area contributed by atoms with Crippen molar-refractivity contribution in [2.75, 3.05) is 20.3 Å². The number of carbonyl (C=O) groups is 1. The third-order valence-electron chi connectivity index (χ3n) is 3.25. The van der Waals surface area contributed by atoms with Crippen molar-refractivity contribution in [2.24, 2.45) is 0 Å². The van der Waals surface area contributed by atoms with Gasteiger partial charge >= 0.3 is 0 Å². The van der Waals surface area contributed by atoms with E-state index in [0.29, 0.717) is 13.2 Å². The van der Waals surface area contributed by atoms with Crippen LogP contribution in [0.3, 0.4) is 0 Å². The van der Waals surface area contributed by atoms with Crippen LogP contribution >= 0.6 is 0 Å². The molecule has 15 heavy (non-hydrogen) atoms. The van der Waals surface area contributed by atoms with Gasteiger partial charge in [-0.05, 0) is 27.2 Å². The highest BCUT2D eigenvalue weighted by atomic mass is 16.5. The van der Waals surface area contributed by atoms with Crippen LogP contribution in [0.5, 0.6) is 0 Å². The molecule has 1 atom stereocenters. The third kappa shape index (κ3) is 2.49. The van der Waals surface area contributed by atoms with E-state index in [2.05, 4.69) is 5.32 Å². The lowest BCUT2D eigenvalue weighted by Gasteiger charge is -2.29. The molecule has 1 N–H and O–H groups in total. The van der Waals surface area contributed by atoms with E-state index in [1.54, 1.807) is 7.11 Å². The lowest BCUT2D eigenvalue weighted by molar-refractivity contribution is -0.135. The van der Waals surface area contributed by atoms with Gasteiger partial charge in [-0.25, -0.2) is 0 Å². The number of nitrogens with zero attached hydrogens (tertiary/aromatic N) is 1. The molecule has 1 saturated heterocycles. The van der Waals surface area contributed by atoms with Gasteiger partial charge in [-0.3, -0.25) is 10.1 Å². The number of rotatable bonds is 4.